The topological polar surface area (TPSA) is 111 Å². The third-order valence-corrected chi connectivity index (χ3v) is 5.18. The Kier molecular flexibility index (Phi) is 8.26. The predicted molar refractivity (Wildman–Crippen MR) is 87.4 cm³/mol. The van der Waals surface area contributed by atoms with E-state index in [1.807, 2.05) is 0 Å². The van der Waals surface area contributed by atoms with E-state index >= 15 is 0 Å². The van der Waals surface area contributed by atoms with Crippen LogP contribution in [0.4, 0.5) is 5.82 Å². The SMILES string of the molecule is Cn1c(COP(=O)(NCCCl)NCCCl)nc(Br)c1[N+](=O)[O-]. The number of alkyl halides is 2. The molecule has 0 aliphatic rings. The summed E-state index contributed by atoms with van der Waals surface area (Å²) in [6, 6.07) is 0. The molecule has 2 N–H and O–H groups in total. The summed E-state index contributed by atoms with van der Waals surface area (Å²) in [6.07, 6.45) is 0. The molecule has 0 radical (unpaired) electrons. The fraction of sp³-hybridized carbons (Fsp3) is 0.667. The van der Waals surface area contributed by atoms with Gasteiger partial charge in [0.05, 0.1) is 7.05 Å². The minimum absolute atomic E-state index is 0.0795. The maximum atomic E-state index is 12.5. The summed E-state index contributed by atoms with van der Waals surface area (Å²) in [4.78, 5) is 14.3. The van der Waals surface area contributed by atoms with Crippen LogP contribution in [0.1, 0.15) is 5.82 Å². The number of rotatable bonds is 10. The second kappa shape index (κ2) is 9.17. The number of hydrogen-bond acceptors (Lipinski definition) is 5. The van der Waals surface area contributed by atoms with E-state index in [-0.39, 0.29) is 47.7 Å². The molecule has 0 aromatic carbocycles. The monoisotopic (exact) mass is 437 g/mol. The average Bonchev–Trinajstić information content (AvgIpc) is 2.75. The molecule has 1 rings (SSSR count). The third kappa shape index (κ3) is 5.45. The molecule has 126 valence electrons. The van der Waals surface area contributed by atoms with Crippen LogP contribution in [0.2, 0.25) is 0 Å². The summed E-state index contributed by atoms with van der Waals surface area (Å²) in [5.41, 5.74) is 0. The molecule has 1 heterocycles. The first-order chi connectivity index (χ1) is 10.3. The van der Waals surface area contributed by atoms with Crippen LogP contribution in [0.3, 0.4) is 0 Å². The highest BCUT2D eigenvalue weighted by Crippen LogP contribution is 2.38. The minimum atomic E-state index is -3.37. The van der Waals surface area contributed by atoms with Crippen LogP contribution in [0.5, 0.6) is 0 Å². The smallest absolute Gasteiger partial charge is 0.357 e. The molecular weight excluding hydrogens is 424 g/mol. The maximum absolute atomic E-state index is 12.5. The van der Waals surface area contributed by atoms with Crippen LogP contribution in [0, 0.1) is 10.1 Å². The van der Waals surface area contributed by atoms with E-state index in [0.29, 0.717) is 0 Å². The van der Waals surface area contributed by atoms with Gasteiger partial charge in [-0.1, -0.05) is 0 Å². The number of imidazole rings is 1. The lowest BCUT2D eigenvalue weighted by atomic mass is 10.6. The van der Waals surface area contributed by atoms with Gasteiger partial charge in [0.15, 0.2) is 0 Å². The highest BCUT2D eigenvalue weighted by Gasteiger charge is 2.27. The highest BCUT2D eigenvalue weighted by molar-refractivity contribution is 9.10. The Morgan fingerprint density at radius 1 is 1.41 bits per heavy atom. The van der Waals surface area contributed by atoms with E-state index < -0.39 is 12.6 Å². The lowest BCUT2D eigenvalue weighted by Crippen LogP contribution is -2.27. The number of nitro groups is 1. The molecule has 22 heavy (non-hydrogen) atoms. The third-order valence-electron chi connectivity index (χ3n) is 2.49. The van der Waals surface area contributed by atoms with E-state index in [4.69, 9.17) is 27.7 Å². The van der Waals surface area contributed by atoms with Gasteiger partial charge in [0.25, 0.3) is 0 Å². The molecule has 1 aromatic heterocycles. The number of aromatic nitrogens is 2. The minimum Gasteiger partial charge on any atom is -0.358 e. The zero-order chi connectivity index (χ0) is 16.8. The van der Waals surface area contributed by atoms with Crippen LogP contribution in [0.15, 0.2) is 4.60 Å². The van der Waals surface area contributed by atoms with E-state index in [0.717, 1.165) is 0 Å². The van der Waals surface area contributed by atoms with Crippen molar-refractivity contribution in [2.24, 2.45) is 7.05 Å². The Morgan fingerprint density at radius 2 is 1.95 bits per heavy atom. The summed E-state index contributed by atoms with van der Waals surface area (Å²) < 4.78 is 19.2. The fourth-order valence-electron chi connectivity index (χ4n) is 1.50. The van der Waals surface area contributed by atoms with Crippen molar-refractivity contribution in [3.63, 3.8) is 0 Å². The van der Waals surface area contributed by atoms with Gasteiger partial charge in [0.1, 0.15) is 6.61 Å². The Labute approximate surface area is 145 Å². The van der Waals surface area contributed by atoms with Crippen molar-refractivity contribution >= 4 is 52.6 Å². The second-order valence-electron chi connectivity index (χ2n) is 3.98. The Bertz CT molecular complexity index is 560. The lowest BCUT2D eigenvalue weighted by Gasteiger charge is -2.19. The summed E-state index contributed by atoms with van der Waals surface area (Å²) in [5.74, 6) is 0.528. The van der Waals surface area contributed by atoms with Crippen molar-refractivity contribution in [1.29, 1.82) is 0 Å². The Hall–Kier alpha value is -0.220. The summed E-state index contributed by atoms with van der Waals surface area (Å²) in [6.45, 7) is 0.335. The standard InChI is InChI=1S/C9H15BrCl2N5O4P/c1-16-7(15-8(10)9(16)17(18)19)6-21-22(20,13-4-2-11)14-5-3-12/h2-6H2,1H3,(H2,13,14,20). The molecule has 0 bridgehead atoms. The molecule has 0 atom stereocenters. The number of nitrogens with zero attached hydrogens (tertiary/aromatic N) is 3. The summed E-state index contributed by atoms with van der Waals surface area (Å²) in [5, 5.41) is 16.2. The molecule has 13 heteroatoms. The van der Waals surface area contributed by atoms with Gasteiger partial charge in [-0.15, -0.1) is 23.2 Å². The van der Waals surface area contributed by atoms with Gasteiger partial charge in [0, 0.05) is 24.8 Å². The second-order valence-corrected chi connectivity index (χ2v) is 7.48. The van der Waals surface area contributed by atoms with Crippen LogP contribution >= 0.6 is 46.8 Å². The van der Waals surface area contributed by atoms with Crippen molar-refractivity contribution in [2.75, 3.05) is 24.8 Å². The molecule has 0 aliphatic heterocycles. The van der Waals surface area contributed by atoms with E-state index in [1.165, 1.54) is 11.6 Å². The van der Waals surface area contributed by atoms with Crippen molar-refractivity contribution in [2.45, 2.75) is 6.61 Å². The highest BCUT2D eigenvalue weighted by atomic mass is 79.9. The maximum Gasteiger partial charge on any atom is 0.357 e. The molecule has 0 unspecified atom stereocenters. The van der Waals surface area contributed by atoms with Gasteiger partial charge in [-0.25, -0.2) is 14.7 Å². The molecular formula is C9H15BrCl2N5O4P. The van der Waals surface area contributed by atoms with E-state index in [9.17, 15) is 14.7 Å². The van der Waals surface area contributed by atoms with Crippen molar-refractivity contribution < 1.29 is 14.0 Å². The quantitative estimate of drug-likeness (QED) is 0.249. The van der Waals surface area contributed by atoms with Gasteiger partial charge < -0.3 is 10.1 Å². The van der Waals surface area contributed by atoms with Gasteiger partial charge >= 0.3 is 13.5 Å². The molecule has 0 aliphatic carbocycles. The molecule has 1 aromatic rings. The zero-order valence-electron chi connectivity index (χ0n) is 11.6. The predicted octanol–water partition coefficient (Wildman–Crippen LogP) is 2.37. The average molecular weight is 439 g/mol. The normalized spacial score (nSPS) is 11.8. The van der Waals surface area contributed by atoms with Crippen LogP contribution in [-0.2, 0) is 22.7 Å². The Balaban J connectivity index is 2.82. The molecule has 9 nitrogen and oxygen atoms in total. The Morgan fingerprint density at radius 3 is 2.36 bits per heavy atom. The summed E-state index contributed by atoms with van der Waals surface area (Å²) in [7, 11) is -1.90. The number of nitrogens with one attached hydrogen (secondary N) is 2. The summed E-state index contributed by atoms with van der Waals surface area (Å²) >= 11 is 14.1. The molecule has 0 saturated heterocycles. The molecule has 0 amide bonds. The first kappa shape index (κ1) is 19.8. The van der Waals surface area contributed by atoms with Gasteiger partial charge in [-0.2, -0.15) is 4.98 Å². The first-order valence-electron chi connectivity index (χ1n) is 6.07. The van der Waals surface area contributed by atoms with E-state index in [2.05, 4.69) is 31.1 Å². The van der Waals surface area contributed by atoms with E-state index in [1.54, 1.807) is 0 Å². The zero-order valence-corrected chi connectivity index (χ0v) is 15.6. The van der Waals surface area contributed by atoms with Gasteiger partial charge in [0.2, 0.25) is 10.4 Å². The molecule has 0 spiro atoms. The van der Waals surface area contributed by atoms with Crippen LogP contribution in [0.25, 0.3) is 0 Å². The molecule has 0 saturated carbocycles. The first-order valence-corrected chi connectivity index (χ1v) is 9.55. The van der Waals surface area contributed by atoms with Gasteiger partial charge in [-0.3, -0.25) is 9.09 Å². The number of halogens is 3. The molecule has 0 fully saturated rings. The van der Waals surface area contributed by atoms with Gasteiger partial charge in [-0.05, 0) is 20.9 Å². The van der Waals surface area contributed by atoms with Crippen LogP contribution < -0.4 is 10.2 Å². The number of hydrogen-bond donors (Lipinski definition) is 2. The fourth-order valence-corrected chi connectivity index (χ4v) is 3.97. The van der Waals surface area contributed by atoms with Crippen LogP contribution in [-0.4, -0.2) is 39.3 Å². The van der Waals surface area contributed by atoms with Crippen molar-refractivity contribution in [3.05, 3.63) is 20.5 Å². The van der Waals surface area contributed by atoms with Crippen molar-refractivity contribution in [3.8, 4) is 0 Å². The van der Waals surface area contributed by atoms with Crippen molar-refractivity contribution in [1.82, 2.24) is 19.7 Å². The largest absolute Gasteiger partial charge is 0.358 e. The lowest BCUT2D eigenvalue weighted by molar-refractivity contribution is -0.392.